The van der Waals surface area contributed by atoms with Gasteiger partial charge in [0.2, 0.25) is 0 Å². The molecular weight excluding hydrogens is 260 g/mol. The van der Waals surface area contributed by atoms with Crippen molar-refractivity contribution in [2.75, 3.05) is 5.32 Å². The predicted octanol–water partition coefficient (Wildman–Crippen LogP) is 1.85. The Hall–Kier alpha value is -1.73. The fourth-order valence-electron chi connectivity index (χ4n) is 1.42. The maximum Gasteiger partial charge on any atom is 0.255 e. The Labute approximate surface area is 105 Å². The molecule has 0 aliphatic heterocycles. The van der Waals surface area contributed by atoms with Crippen LogP contribution in [-0.2, 0) is 6.54 Å². The van der Waals surface area contributed by atoms with E-state index in [1.54, 1.807) is 27.4 Å². The van der Waals surface area contributed by atoms with Crippen LogP contribution in [0.1, 0.15) is 4.88 Å². The summed E-state index contributed by atoms with van der Waals surface area (Å²) in [5.41, 5.74) is 1.79. The second-order valence-electron chi connectivity index (χ2n) is 3.26. The van der Waals surface area contributed by atoms with E-state index in [2.05, 4.69) is 25.4 Å². The molecule has 0 atom stereocenters. The molecule has 0 bridgehead atoms. The molecule has 0 aliphatic carbocycles. The molecule has 3 heterocycles. The minimum Gasteiger partial charge on any atom is -0.365 e. The highest BCUT2D eigenvalue weighted by molar-refractivity contribution is 7.09. The van der Waals surface area contributed by atoms with E-state index in [1.807, 2.05) is 6.20 Å². The maximum absolute atomic E-state index is 5.90. The third kappa shape index (κ3) is 2.06. The van der Waals surface area contributed by atoms with Crippen molar-refractivity contribution in [3.8, 4) is 0 Å². The van der Waals surface area contributed by atoms with Crippen LogP contribution < -0.4 is 5.32 Å². The Morgan fingerprint density at radius 3 is 3.24 bits per heavy atom. The molecule has 0 radical (unpaired) electrons. The summed E-state index contributed by atoms with van der Waals surface area (Å²) in [6, 6.07) is 1.71. The normalized spacial score (nSPS) is 10.9. The van der Waals surface area contributed by atoms with Gasteiger partial charge < -0.3 is 5.32 Å². The van der Waals surface area contributed by atoms with Gasteiger partial charge in [0.05, 0.1) is 12.1 Å². The van der Waals surface area contributed by atoms with Crippen LogP contribution in [0.25, 0.3) is 5.78 Å². The molecule has 8 heteroatoms. The van der Waals surface area contributed by atoms with Gasteiger partial charge in [-0.05, 0) is 0 Å². The molecule has 0 aromatic carbocycles. The van der Waals surface area contributed by atoms with Gasteiger partial charge in [-0.25, -0.2) is 0 Å². The Morgan fingerprint density at radius 1 is 1.47 bits per heavy atom. The number of rotatable bonds is 3. The number of aromatic nitrogens is 5. The molecule has 0 aliphatic rings. The van der Waals surface area contributed by atoms with Crippen molar-refractivity contribution in [2.45, 2.75) is 6.54 Å². The fraction of sp³-hybridized carbons (Fsp3) is 0.111. The average molecular weight is 267 g/mol. The highest BCUT2D eigenvalue weighted by Crippen LogP contribution is 2.16. The smallest absolute Gasteiger partial charge is 0.255 e. The van der Waals surface area contributed by atoms with Gasteiger partial charge in [-0.1, -0.05) is 11.6 Å². The Morgan fingerprint density at radius 2 is 2.41 bits per heavy atom. The third-order valence-electron chi connectivity index (χ3n) is 2.15. The number of nitrogens with one attached hydrogen (secondary N) is 1. The molecule has 0 unspecified atom stereocenters. The zero-order chi connectivity index (χ0) is 11.7. The van der Waals surface area contributed by atoms with Crippen molar-refractivity contribution in [1.29, 1.82) is 0 Å². The van der Waals surface area contributed by atoms with E-state index in [4.69, 9.17) is 11.6 Å². The summed E-state index contributed by atoms with van der Waals surface area (Å²) < 4.78 is 1.60. The topological polar surface area (TPSA) is 68.0 Å². The molecule has 86 valence electrons. The van der Waals surface area contributed by atoms with Crippen LogP contribution in [0.4, 0.5) is 5.82 Å². The summed E-state index contributed by atoms with van der Waals surface area (Å²) >= 11 is 7.49. The highest BCUT2D eigenvalue weighted by Gasteiger charge is 2.06. The van der Waals surface area contributed by atoms with E-state index in [0.717, 1.165) is 10.7 Å². The number of fused-ring (bicyclic) bond motifs is 1. The van der Waals surface area contributed by atoms with Crippen LogP contribution in [-0.4, -0.2) is 24.6 Å². The molecule has 3 rings (SSSR count). The third-order valence-corrected chi connectivity index (χ3v) is 3.12. The number of halogens is 1. The lowest BCUT2D eigenvalue weighted by Gasteiger charge is -2.06. The largest absolute Gasteiger partial charge is 0.365 e. The van der Waals surface area contributed by atoms with Gasteiger partial charge >= 0.3 is 0 Å². The van der Waals surface area contributed by atoms with Crippen molar-refractivity contribution >= 4 is 34.5 Å². The maximum atomic E-state index is 5.90. The van der Waals surface area contributed by atoms with E-state index in [0.29, 0.717) is 17.5 Å². The first-order valence-corrected chi connectivity index (χ1v) is 6.06. The second-order valence-corrected chi connectivity index (χ2v) is 4.62. The van der Waals surface area contributed by atoms with Crippen molar-refractivity contribution in [3.05, 3.63) is 34.1 Å². The first-order chi connectivity index (χ1) is 8.33. The van der Waals surface area contributed by atoms with E-state index < -0.39 is 0 Å². The first-order valence-electron chi connectivity index (χ1n) is 4.80. The quantitative estimate of drug-likeness (QED) is 0.733. The van der Waals surface area contributed by atoms with Crippen molar-refractivity contribution in [3.63, 3.8) is 0 Å². The lowest BCUT2D eigenvalue weighted by molar-refractivity contribution is 0.927. The standard InChI is InChI=1S/C9H7ClN6S/c10-7-1-8(12-3-6-2-11-5-17-6)16-9(15-7)13-4-14-16/h1-2,4-5,12H,3H2. The molecule has 6 nitrogen and oxygen atoms in total. The zero-order valence-corrected chi connectivity index (χ0v) is 10.1. The minimum atomic E-state index is 0.386. The molecule has 0 amide bonds. The molecule has 0 spiro atoms. The molecule has 3 aromatic heterocycles. The molecular formula is C9H7ClN6S. The number of anilines is 1. The number of hydrogen-bond acceptors (Lipinski definition) is 6. The first kappa shape index (κ1) is 10.4. The summed E-state index contributed by atoms with van der Waals surface area (Å²) in [5, 5.41) is 7.68. The molecule has 0 saturated heterocycles. The van der Waals surface area contributed by atoms with Crippen LogP contribution in [0.5, 0.6) is 0 Å². The minimum absolute atomic E-state index is 0.386. The Balaban J connectivity index is 1.91. The highest BCUT2D eigenvalue weighted by atomic mass is 35.5. The van der Waals surface area contributed by atoms with Gasteiger partial charge in [0, 0.05) is 17.1 Å². The van der Waals surface area contributed by atoms with Crippen molar-refractivity contribution in [1.82, 2.24) is 24.6 Å². The number of nitrogens with zero attached hydrogens (tertiary/aromatic N) is 5. The molecule has 0 fully saturated rings. The molecule has 17 heavy (non-hydrogen) atoms. The fourth-order valence-corrected chi connectivity index (χ4v) is 2.13. The average Bonchev–Trinajstić information content (AvgIpc) is 2.95. The van der Waals surface area contributed by atoms with Gasteiger partial charge in [0.1, 0.15) is 17.3 Å². The lowest BCUT2D eigenvalue weighted by atomic mass is 10.5. The van der Waals surface area contributed by atoms with Crippen LogP contribution in [0.3, 0.4) is 0 Å². The predicted molar refractivity (Wildman–Crippen MR) is 65.2 cm³/mol. The van der Waals surface area contributed by atoms with Gasteiger partial charge in [0.25, 0.3) is 5.78 Å². The molecule has 3 aromatic rings. The van der Waals surface area contributed by atoms with E-state index in [9.17, 15) is 0 Å². The van der Waals surface area contributed by atoms with Crippen LogP contribution in [0.2, 0.25) is 5.15 Å². The van der Waals surface area contributed by atoms with E-state index >= 15 is 0 Å². The van der Waals surface area contributed by atoms with E-state index in [1.165, 1.54) is 6.33 Å². The van der Waals surface area contributed by atoms with Gasteiger partial charge in [-0.2, -0.15) is 19.6 Å². The second kappa shape index (κ2) is 4.27. The number of thiazole rings is 1. The van der Waals surface area contributed by atoms with Crippen LogP contribution >= 0.6 is 22.9 Å². The summed E-state index contributed by atoms with van der Waals surface area (Å²) in [4.78, 5) is 13.2. The lowest BCUT2D eigenvalue weighted by Crippen LogP contribution is -2.05. The van der Waals surface area contributed by atoms with Crippen LogP contribution in [0.15, 0.2) is 24.1 Å². The Kier molecular flexibility index (Phi) is 2.62. The van der Waals surface area contributed by atoms with Crippen molar-refractivity contribution in [2.24, 2.45) is 0 Å². The van der Waals surface area contributed by atoms with E-state index in [-0.39, 0.29) is 0 Å². The summed E-state index contributed by atoms with van der Waals surface area (Å²) in [7, 11) is 0. The van der Waals surface area contributed by atoms with Gasteiger partial charge in [-0.3, -0.25) is 4.98 Å². The van der Waals surface area contributed by atoms with Gasteiger partial charge in [0.15, 0.2) is 0 Å². The van der Waals surface area contributed by atoms with Gasteiger partial charge in [-0.15, -0.1) is 11.3 Å². The SMILES string of the molecule is Clc1cc(NCc2cncs2)n2ncnc2n1. The Bertz CT molecular complexity index is 634. The zero-order valence-electron chi connectivity index (χ0n) is 8.54. The van der Waals surface area contributed by atoms with Crippen molar-refractivity contribution < 1.29 is 0 Å². The number of hydrogen-bond donors (Lipinski definition) is 1. The molecule has 0 saturated carbocycles. The monoisotopic (exact) mass is 266 g/mol. The summed E-state index contributed by atoms with van der Waals surface area (Å²) in [5.74, 6) is 1.23. The molecule has 1 N–H and O–H groups in total. The van der Waals surface area contributed by atoms with Crippen LogP contribution in [0, 0.1) is 0 Å². The summed E-state index contributed by atoms with van der Waals surface area (Å²) in [6.45, 7) is 0.667. The summed E-state index contributed by atoms with van der Waals surface area (Å²) in [6.07, 6.45) is 3.26.